The van der Waals surface area contributed by atoms with E-state index in [2.05, 4.69) is 15.6 Å². The summed E-state index contributed by atoms with van der Waals surface area (Å²) in [4.78, 5) is 26.9. The number of H-pyrrole nitrogens is 1. The van der Waals surface area contributed by atoms with Gasteiger partial charge in [-0.2, -0.15) is 0 Å². The molecular formula is C20H17BF3N3O3. The van der Waals surface area contributed by atoms with E-state index in [4.69, 9.17) is 0 Å². The highest BCUT2D eigenvalue weighted by atomic mass is 19.1. The predicted molar refractivity (Wildman–Crippen MR) is 105 cm³/mol. The first-order valence-corrected chi connectivity index (χ1v) is 9.34. The van der Waals surface area contributed by atoms with Crippen molar-refractivity contribution in [2.75, 3.05) is 6.44 Å². The van der Waals surface area contributed by atoms with E-state index in [9.17, 15) is 27.8 Å². The maximum Gasteiger partial charge on any atom is 0.342 e. The van der Waals surface area contributed by atoms with Gasteiger partial charge in [0.1, 0.15) is 23.4 Å². The van der Waals surface area contributed by atoms with Crippen LogP contribution in [0.2, 0.25) is 0 Å². The SMILES string of the molecule is O=C(CCc1c(-c2ccc(F)cc2)[nH]c2c(F)cc(F)cc12)N[C@H]1B(O)CNC1=O. The third kappa shape index (κ3) is 3.78. The van der Waals surface area contributed by atoms with Crippen LogP contribution in [-0.2, 0) is 16.0 Å². The molecule has 30 heavy (non-hydrogen) atoms. The number of aryl methyl sites for hydroxylation is 1. The van der Waals surface area contributed by atoms with Crippen LogP contribution in [0.1, 0.15) is 12.0 Å². The van der Waals surface area contributed by atoms with Gasteiger partial charge in [0.2, 0.25) is 11.8 Å². The molecule has 4 rings (SSSR count). The van der Waals surface area contributed by atoms with Crippen LogP contribution >= 0.6 is 0 Å². The molecule has 2 aromatic carbocycles. The van der Waals surface area contributed by atoms with Crippen molar-refractivity contribution in [3.05, 3.63) is 59.4 Å². The molecule has 0 saturated carbocycles. The zero-order chi connectivity index (χ0) is 21.4. The second kappa shape index (κ2) is 7.87. The molecule has 0 spiro atoms. The Bertz CT molecular complexity index is 1130. The maximum atomic E-state index is 14.3. The number of aromatic nitrogens is 1. The van der Waals surface area contributed by atoms with E-state index in [-0.39, 0.29) is 30.2 Å². The summed E-state index contributed by atoms with van der Waals surface area (Å²) in [5.74, 6) is -3.99. The highest BCUT2D eigenvalue weighted by Gasteiger charge is 2.38. The fourth-order valence-electron chi connectivity index (χ4n) is 3.65. The van der Waals surface area contributed by atoms with E-state index in [1.165, 1.54) is 30.3 Å². The Kier molecular flexibility index (Phi) is 5.25. The summed E-state index contributed by atoms with van der Waals surface area (Å²) < 4.78 is 41.4. The van der Waals surface area contributed by atoms with Crippen LogP contribution in [0.5, 0.6) is 0 Å². The van der Waals surface area contributed by atoms with Crippen molar-refractivity contribution in [1.82, 2.24) is 15.6 Å². The minimum atomic E-state index is -1.04. The van der Waals surface area contributed by atoms with Gasteiger partial charge in [-0.15, -0.1) is 0 Å². The van der Waals surface area contributed by atoms with Gasteiger partial charge in [-0.05, 0) is 47.9 Å². The summed E-state index contributed by atoms with van der Waals surface area (Å²) in [6.45, 7) is -1.02. The second-order valence-corrected chi connectivity index (χ2v) is 7.15. The van der Waals surface area contributed by atoms with Crippen molar-refractivity contribution in [3.8, 4) is 11.3 Å². The Hall–Kier alpha value is -3.27. The fourth-order valence-corrected chi connectivity index (χ4v) is 3.65. The van der Waals surface area contributed by atoms with Gasteiger partial charge in [-0.3, -0.25) is 9.59 Å². The molecule has 6 nitrogen and oxygen atoms in total. The van der Waals surface area contributed by atoms with Crippen LogP contribution in [0.15, 0.2) is 36.4 Å². The molecular weight excluding hydrogens is 398 g/mol. The van der Waals surface area contributed by atoms with Crippen LogP contribution < -0.4 is 10.6 Å². The lowest BCUT2D eigenvalue weighted by molar-refractivity contribution is -0.126. The molecule has 1 fully saturated rings. The predicted octanol–water partition coefficient (Wildman–Crippen LogP) is 1.86. The molecule has 0 unspecified atom stereocenters. The van der Waals surface area contributed by atoms with E-state index < -0.39 is 42.1 Å². The van der Waals surface area contributed by atoms with Gasteiger partial charge in [0, 0.05) is 30.0 Å². The van der Waals surface area contributed by atoms with Crippen molar-refractivity contribution in [1.29, 1.82) is 0 Å². The van der Waals surface area contributed by atoms with Crippen LogP contribution in [-0.4, -0.2) is 41.1 Å². The summed E-state index contributed by atoms with van der Waals surface area (Å²) in [6, 6.07) is 7.41. The molecule has 3 aromatic rings. The van der Waals surface area contributed by atoms with E-state index >= 15 is 0 Å². The van der Waals surface area contributed by atoms with Crippen molar-refractivity contribution in [3.63, 3.8) is 0 Å². The van der Waals surface area contributed by atoms with Crippen LogP contribution in [0.4, 0.5) is 13.2 Å². The Morgan fingerprint density at radius 1 is 1.17 bits per heavy atom. The van der Waals surface area contributed by atoms with Gasteiger partial charge in [-0.1, -0.05) is 0 Å². The molecule has 0 aliphatic carbocycles. The van der Waals surface area contributed by atoms with Crippen molar-refractivity contribution in [2.24, 2.45) is 0 Å². The first kappa shape index (κ1) is 20.0. The molecule has 154 valence electrons. The average Bonchev–Trinajstić information content (AvgIpc) is 3.22. The molecule has 1 saturated heterocycles. The van der Waals surface area contributed by atoms with Gasteiger partial charge in [0.05, 0.1) is 5.52 Å². The zero-order valence-corrected chi connectivity index (χ0v) is 15.6. The number of rotatable bonds is 5. The standard InChI is InChI=1S/C20H17BF3N3O3/c22-11-3-1-10(2-4-11)17-13(14-7-12(23)8-15(24)18(14)27-17)5-6-16(28)26-19-20(29)25-9-21(19)30/h1-4,7-8,19,27,30H,5-6,9H2,(H,25,29)(H,26,28)/t19-/m1/s1. The monoisotopic (exact) mass is 415 g/mol. The third-order valence-electron chi connectivity index (χ3n) is 5.14. The molecule has 1 atom stereocenters. The minimum absolute atomic E-state index is 0.0551. The summed E-state index contributed by atoms with van der Waals surface area (Å²) in [5, 5.41) is 15.0. The summed E-state index contributed by atoms with van der Waals surface area (Å²) in [5.41, 5.74) is 1.56. The van der Waals surface area contributed by atoms with E-state index in [0.29, 0.717) is 16.8 Å². The van der Waals surface area contributed by atoms with Gasteiger partial charge in [-0.25, -0.2) is 13.2 Å². The summed E-state index contributed by atoms with van der Waals surface area (Å²) >= 11 is 0. The number of nitrogens with one attached hydrogen (secondary N) is 3. The average molecular weight is 415 g/mol. The number of hydrogen-bond donors (Lipinski definition) is 4. The Labute approximate surface area is 169 Å². The summed E-state index contributed by atoms with van der Waals surface area (Å²) in [6.07, 6.45) is 0.0706. The van der Waals surface area contributed by atoms with Crippen LogP contribution in [0.3, 0.4) is 0 Å². The number of fused-ring (bicyclic) bond motifs is 1. The molecule has 0 bridgehead atoms. The van der Waals surface area contributed by atoms with E-state index in [0.717, 1.165) is 6.07 Å². The number of halogens is 3. The van der Waals surface area contributed by atoms with Crippen molar-refractivity contribution in [2.45, 2.75) is 18.8 Å². The third-order valence-corrected chi connectivity index (χ3v) is 5.14. The molecule has 1 aliphatic rings. The van der Waals surface area contributed by atoms with Crippen molar-refractivity contribution >= 4 is 29.6 Å². The molecule has 10 heteroatoms. The lowest BCUT2D eigenvalue weighted by atomic mass is 9.63. The number of benzene rings is 2. The van der Waals surface area contributed by atoms with Gasteiger partial charge in [0.25, 0.3) is 0 Å². The zero-order valence-electron chi connectivity index (χ0n) is 15.6. The first-order chi connectivity index (χ1) is 14.3. The van der Waals surface area contributed by atoms with Crippen LogP contribution in [0, 0.1) is 17.5 Å². The summed E-state index contributed by atoms with van der Waals surface area (Å²) in [7, 11) is 0. The largest absolute Gasteiger partial charge is 0.447 e. The topological polar surface area (TPSA) is 94.2 Å². The maximum absolute atomic E-state index is 14.3. The molecule has 1 aliphatic heterocycles. The molecule has 2 amide bonds. The molecule has 0 radical (unpaired) electrons. The second-order valence-electron chi connectivity index (χ2n) is 7.15. The van der Waals surface area contributed by atoms with Gasteiger partial charge in [0.15, 0.2) is 0 Å². The van der Waals surface area contributed by atoms with Crippen LogP contribution in [0.25, 0.3) is 22.2 Å². The first-order valence-electron chi connectivity index (χ1n) is 9.34. The number of carbonyl (C=O) groups excluding carboxylic acids is 2. The number of hydrogen-bond acceptors (Lipinski definition) is 3. The normalized spacial score (nSPS) is 16.2. The molecule has 1 aromatic heterocycles. The quantitative estimate of drug-likeness (QED) is 0.480. The number of carbonyl (C=O) groups is 2. The van der Waals surface area contributed by atoms with Crippen molar-refractivity contribution < 1.29 is 27.8 Å². The Morgan fingerprint density at radius 2 is 1.90 bits per heavy atom. The lowest BCUT2D eigenvalue weighted by Gasteiger charge is -2.12. The molecule has 4 N–H and O–H groups in total. The van der Waals surface area contributed by atoms with Gasteiger partial charge >= 0.3 is 6.92 Å². The van der Waals surface area contributed by atoms with E-state index in [1.54, 1.807) is 0 Å². The highest BCUT2D eigenvalue weighted by Crippen LogP contribution is 2.33. The van der Waals surface area contributed by atoms with Gasteiger partial charge < -0.3 is 20.6 Å². The fraction of sp³-hybridized carbons (Fsp3) is 0.200. The molecule has 2 heterocycles. The Balaban J connectivity index is 1.64. The highest BCUT2D eigenvalue weighted by molar-refractivity contribution is 6.60. The number of amides is 2. The number of aromatic amines is 1. The van der Waals surface area contributed by atoms with E-state index in [1.807, 2.05) is 0 Å². The lowest BCUT2D eigenvalue weighted by Crippen LogP contribution is -2.48. The Morgan fingerprint density at radius 3 is 2.57 bits per heavy atom. The minimum Gasteiger partial charge on any atom is -0.447 e. The smallest absolute Gasteiger partial charge is 0.342 e.